The second-order valence-corrected chi connectivity index (χ2v) is 8.86. The predicted molar refractivity (Wildman–Crippen MR) is 111 cm³/mol. The Hall–Kier alpha value is -2.08. The Morgan fingerprint density at radius 3 is 2.63 bits per heavy atom. The number of Topliss-reactive ketones (excluding diaryl/α,β-unsaturated/α-hetero) is 1. The maximum absolute atomic E-state index is 12.2. The molecule has 140 valence electrons. The first-order valence-corrected chi connectivity index (χ1v) is 9.73. The van der Waals surface area contributed by atoms with Crippen LogP contribution in [-0.4, -0.2) is 10.8 Å². The highest BCUT2D eigenvalue weighted by molar-refractivity contribution is 7.07. The number of nitrogens with one attached hydrogen (secondary N) is 1. The van der Waals surface area contributed by atoms with E-state index in [9.17, 15) is 9.59 Å². The van der Waals surface area contributed by atoms with Gasteiger partial charge in [-0.15, -0.1) is 11.3 Å². The molecule has 0 aliphatic carbocycles. The molecule has 1 N–H and O–H groups in total. The van der Waals surface area contributed by atoms with Crippen LogP contribution in [0.5, 0.6) is 0 Å². The highest BCUT2D eigenvalue weighted by Crippen LogP contribution is 2.34. The Bertz CT molecular complexity index is 1180. The minimum absolute atomic E-state index is 0.0533. The van der Waals surface area contributed by atoms with E-state index in [1.54, 1.807) is 36.4 Å². The molecule has 0 atom stereocenters. The Morgan fingerprint density at radius 2 is 1.93 bits per heavy atom. The fourth-order valence-corrected chi connectivity index (χ4v) is 3.52. The smallest absolute Gasteiger partial charge is 0.266 e. The summed E-state index contributed by atoms with van der Waals surface area (Å²) in [5, 5.41) is 0.848. The third-order valence-electron chi connectivity index (χ3n) is 3.80. The number of ketones is 1. The van der Waals surface area contributed by atoms with Crippen molar-refractivity contribution in [2.24, 2.45) is 5.41 Å². The van der Waals surface area contributed by atoms with Gasteiger partial charge in [0.15, 0.2) is 5.78 Å². The van der Waals surface area contributed by atoms with Crippen LogP contribution in [0.4, 0.5) is 0 Å². The van der Waals surface area contributed by atoms with Crippen LogP contribution in [0.2, 0.25) is 10.0 Å². The predicted octanol–water partition coefficient (Wildman–Crippen LogP) is 4.23. The van der Waals surface area contributed by atoms with E-state index in [0.717, 1.165) is 0 Å². The van der Waals surface area contributed by atoms with Crippen LogP contribution < -0.4 is 14.8 Å². The molecule has 3 aromatic rings. The monoisotopic (exact) mass is 421 g/mol. The SMILES string of the molecule is CC(C)(C)C(=O)/C=c1/[nH]c(=O)/c(=C/c2ccc(-c3cccc(Cl)c3Cl)o2)s1. The fraction of sp³-hybridized carbons (Fsp3) is 0.200. The van der Waals surface area contributed by atoms with Crippen LogP contribution >= 0.6 is 34.5 Å². The average Bonchev–Trinajstić information content (AvgIpc) is 3.17. The molecule has 2 heterocycles. The van der Waals surface area contributed by atoms with E-state index in [1.165, 1.54) is 17.4 Å². The van der Waals surface area contributed by atoms with Gasteiger partial charge in [0.25, 0.3) is 5.56 Å². The third kappa shape index (κ3) is 4.43. The van der Waals surface area contributed by atoms with Crippen molar-refractivity contribution < 1.29 is 9.21 Å². The van der Waals surface area contributed by atoms with Crippen molar-refractivity contribution in [2.45, 2.75) is 20.8 Å². The summed E-state index contributed by atoms with van der Waals surface area (Å²) in [4.78, 5) is 27.0. The number of carbonyl (C=O) groups excluding carboxylic acids is 1. The van der Waals surface area contributed by atoms with Gasteiger partial charge in [0, 0.05) is 23.1 Å². The summed E-state index contributed by atoms with van der Waals surface area (Å²) in [5.74, 6) is 1.00. The molecule has 0 radical (unpaired) electrons. The van der Waals surface area contributed by atoms with E-state index in [4.69, 9.17) is 27.6 Å². The molecular weight excluding hydrogens is 405 g/mol. The van der Waals surface area contributed by atoms with Gasteiger partial charge in [0.2, 0.25) is 0 Å². The van der Waals surface area contributed by atoms with Gasteiger partial charge >= 0.3 is 0 Å². The number of furan rings is 1. The maximum atomic E-state index is 12.2. The van der Waals surface area contributed by atoms with Crippen LogP contribution in [-0.2, 0) is 4.79 Å². The Balaban J connectivity index is 1.99. The minimum Gasteiger partial charge on any atom is -0.457 e. The number of thiazole rings is 1. The summed E-state index contributed by atoms with van der Waals surface area (Å²) in [7, 11) is 0. The first kappa shape index (κ1) is 19.7. The van der Waals surface area contributed by atoms with Crippen LogP contribution in [0.15, 0.2) is 39.5 Å². The number of benzene rings is 1. The number of aromatic nitrogens is 1. The topological polar surface area (TPSA) is 63.1 Å². The highest BCUT2D eigenvalue weighted by atomic mass is 35.5. The van der Waals surface area contributed by atoms with Gasteiger partial charge in [0.05, 0.1) is 19.2 Å². The Morgan fingerprint density at radius 1 is 1.19 bits per heavy atom. The highest BCUT2D eigenvalue weighted by Gasteiger charge is 2.18. The summed E-state index contributed by atoms with van der Waals surface area (Å²) in [5.41, 5.74) is -0.0999. The minimum atomic E-state index is -0.503. The number of halogens is 2. The van der Waals surface area contributed by atoms with Crippen molar-refractivity contribution in [1.82, 2.24) is 4.98 Å². The van der Waals surface area contributed by atoms with Crippen LogP contribution in [0.1, 0.15) is 26.5 Å². The van der Waals surface area contributed by atoms with Gasteiger partial charge in [-0.25, -0.2) is 0 Å². The van der Waals surface area contributed by atoms with Crippen LogP contribution in [0.3, 0.4) is 0 Å². The largest absolute Gasteiger partial charge is 0.457 e. The van der Waals surface area contributed by atoms with E-state index in [-0.39, 0.29) is 11.3 Å². The lowest BCUT2D eigenvalue weighted by Crippen LogP contribution is -2.22. The molecule has 7 heteroatoms. The number of rotatable bonds is 3. The molecule has 2 aromatic heterocycles. The zero-order valence-electron chi connectivity index (χ0n) is 14.9. The van der Waals surface area contributed by atoms with Gasteiger partial charge < -0.3 is 9.40 Å². The van der Waals surface area contributed by atoms with Crippen molar-refractivity contribution in [2.75, 3.05) is 0 Å². The summed E-state index contributed by atoms with van der Waals surface area (Å²) in [6.45, 7) is 5.49. The second-order valence-electron chi connectivity index (χ2n) is 6.99. The zero-order valence-corrected chi connectivity index (χ0v) is 17.3. The van der Waals surface area contributed by atoms with E-state index in [0.29, 0.717) is 36.3 Å². The fourth-order valence-electron chi connectivity index (χ4n) is 2.26. The molecule has 0 fully saturated rings. The number of carbonyl (C=O) groups is 1. The van der Waals surface area contributed by atoms with Gasteiger partial charge in [-0.2, -0.15) is 0 Å². The molecule has 0 aliphatic heterocycles. The molecule has 0 spiro atoms. The number of aromatic amines is 1. The number of H-pyrrole nitrogens is 1. The van der Waals surface area contributed by atoms with Crippen molar-refractivity contribution in [3.05, 3.63) is 65.7 Å². The molecule has 4 nitrogen and oxygen atoms in total. The van der Waals surface area contributed by atoms with Crippen LogP contribution in [0.25, 0.3) is 23.5 Å². The van der Waals surface area contributed by atoms with Crippen molar-refractivity contribution in [3.63, 3.8) is 0 Å². The molecular formula is C20H17Cl2NO3S. The molecule has 0 saturated heterocycles. The number of hydrogen-bond acceptors (Lipinski definition) is 4. The van der Waals surface area contributed by atoms with Crippen molar-refractivity contribution in [3.8, 4) is 11.3 Å². The van der Waals surface area contributed by atoms with E-state index >= 15 is 0 Å². The summed E-state index contributed by atoms with van der Waals surface area (Å²) in [6.07, 6.45) is 3.09. The van der Waals surface area contributed by atoms with Gasteiger partial charge in [-0.3, -0.25) is 9.59 Å². The zero-order chi connectivity index (χ0) is 19.8. The van der Waals surface area contributed by atoms with Crippen LogP contribution in [0, 0.1) is 5.41 Å². The van der Waals surface area contributed by atoms with Gasteiger partial charge in [-0.1, -0.05) is 50.0 Å². The second kappa shape index (κ2) is 7.50. The quantitative estimate of drug-likeness (QED) is 0.687. The molecule has 0 bridgehead atoms. The molecule has 0 unspecified atom stereocenters. The summed E-state index contributed by atoms with van der Waals surface area (Å²) >= 11 is 13.5. The molecule has 0 saturated carbocycles. The maximum Gasteiger partial charge on any atom is 0.266 e. The lowest BCUT2D eigenvalue weighted by molar-refractivity contribution is -0.119. The van der Waals surface area contributed by atoms with Gasteiger partial charge in [0.1, 0.15) is 11.5 Å². The third-order valence-corrected chi connectivity index (χ3v) is 5.58. The first-order chi connectivity index (χ1) is 12.6. The molecule has 1 aromatic carbocycles. The normalized spacial score (nSPS) is 13.4. The molecule has 0 amide bonds. The standard InChI is InChI=1S/C20H17Cl2NO3S/c1-20(2,3)16(24)10-17-23-19(25)15(27-17)9-11-7-8-14(26-11)12-5-4-6-13(21)18(12)22/h4-10H,1-3H3,(H,23,25)/b15-9-,17-10-. The van der Waals surface area contributed by atoms with Crippen molar-refractivity contribution >= 4 is 52.5 Å². The lowest BCUT2D eigenvalue weighted by Gasteiger charge is -2.12. The summed E-state index contributed by atoms with van der Waals surface area (Å²) in [6, 6.07) is 8.80. The average molecular weight is 422 g/mol. The van der Waals surface area contributed by atoms with Crippen molar-refractivity contribution in [1.29, 1.82) is 0 Å². The Labute approximate surface area is 169 Å². The Kier molecular flexibility index (Phi) is 5.47. The van der Waals surface area contributed by atoms with E-state index in [1.807, 2.05) is 20.8 Å². The molecule has 3 rings (SSSR count). The molecule has 0 aliphatic rings. The molecule has 27 heavy (non-hydrogen) atoms. The summed E-state index contributed by atoms with van der Waals surface area (Å²) < 4.78 is 6.74. The van der Waals surface area contributed by atoms with Gasteiger partial charge in [-0.05, 0) is 24.3 Å². The number of hydrogen-bond donors (Lipinski definition) is 1. The lowest BCUT2D eigenvalue weighted by atomic mass is 9.91. The van der Waals surface area contributed by atoms with E-state index in [2.05, 4.69) is 4.98 Å². The first-order valence-electron chi connectivity index (χ1n) is 8.16. The van der Waals surface area contributed by atoms with E-state index < -0.39 is 5.41 Å².